The number of hydrogen-bond acceptors (Lipinski definition) is 5. The van der Waals surface area contributed by atoms with E-state index in [0.717, 1.165) is 18.5 Å². The summed E-state index contributed by atoms with van der Waals surface area (Å²) < 4.78 is 0. The van der Waals surface area contributed by atoms with Crippen molar-refractivity contribution in [2.24, 2.45) is 0 Å². The van der Waals surface area contributed by atoms with Gasteiger partial charge in [-0.1, -0.05) is 13.0 Å². The van der Waals surface area contributed by atoms with E-state index in [9.17, 15) is 15.0 Å². The molecule has 0 unspecified atom stereocenters. The van der Waals surface area contributed by atoms with Gasteiger partial charge < -0.3 is 25.7 Å². The van der Waals surface area contributed by atoms with E-state index in [4.69, 9.17) is 0 Å². The lowest BCUT2D eigenvalue weighted by molar-refractivity contribution is 0.221. The molecule has 0 saturated carbocycles. The summed E-state index contributed by atoms with van der Waals surface area (Å²) in [5.41, 5.74) is 2.76. The molecular formula is C21H31N3O3S. The maximum Gasteiger partial charge on any atom is 0.315 e. The number of phenols is 1. The summed E-state index contributed by atoms with van der Waals surface area (Å²) in [5, 5.41) is 29.2. The Morgan fingerprint density at radius 2 is 2.04 bits per heavy atom. The zero-order valence-electron chi connectivity index (χ0n) is 16.8. The zero-order chi connectivity index (χ0) is 20.5. The van der Waals surface area contributed by atoms with Gasteiger partial charge in [0.15, 0.2) is 0 Å². The van der Waals surface area contributed by atoms with Crippen molar-refractivity contribution in [2.75, 3.05) is 20.1 Å². The first-order valence-corrected chi connectivity index (χ1v) is 10.5. The Morgan fingerprint density at radius 1 is 1.25 bits per heavy atom. The summed E-state index contributed by atoms with van der Waals surface area (Å²) in [4.78, 5) is 14.5. The number of aliphatic hydroxyl groups is 1. The van der Waals surface area contributed by atoms with Crippen molar-refractivity contribution in [1.29, 1.82) is 0 Å². The predicted octanol–water partition coefficient (Wildman–Crippen LogP) is 2.74. The van der Waals surface area contributed by atoms with Crippen LogP contribution in [0.15, 0.2) is 35.0 Å². The molecule has 0 radical (unpaired) electrons. The van der Waals surface area contributed by atoms with Gasteiger partial charge in [0.25, 0.3) is 0 Å². The number of hydrogen-bond donors (Lipinski definition) is 4. The zero-order valence-corrected chi connectivity index (χ0v) is 17.6. The predicted molar refractivity (Wildman–Crippen MR) is 114 cm³/mol. The van der Waals surface area contributed by atoms with Gasteiger partial charge in [-0.15, -0.1) is 0 Å². The first-order chi connectivity index (χ1) is 13.4. The molecule has 1 heterocycles. The van der Waals surface area contributed by atoms with Crippen LogP contribution in [0, 0.1) is 0 Å². The van der Waals surface area contributed by atoms with Crippen molar-refractivity contribution in [2.45, 2.75) is 45.4 Å². The van der Waals surface area contributed by atoms with Crippen LogP contribution >= 0.6 is 11.3 Å². The minimum absolute atomic E-state index is 0.0566. The highest BCUT2D eigenvalue weighted by Crippen LogP contribution is 2.20. The van der Waals surface area contributed by atoms with Crippen molar-refractivity contribution in [1.82, 2.24) is 15.5 Å². The maximum atomic E-state index is 12.3. The molecule has 28 heavy (non-hydrogen) atoms. The van der Waals surface area contributed by atoms with Crippen LogP contribution in [0.25, 0.3) is 0 Å². The number of nitrogens with one attached hydrogen (secondary N) is 2. The van der Waals surface area contributed by atoms with Crippen LogP contribution in [-0.4, -0.2) is 53.4 Å². The molecule has 154 valence electrons. The lowest BCUT2D eigenvalue weighted by Gasteiger charge is -2.28. The number of amides is 2. The molecule has 2 atom stereocenters. The number of rotatable bonds is 10. The average Bonchev–Trinajstić information content (AvgIpc) is 3.18. The second kappa shape index (κ2) is 11.0. The van der Waals surface area contributed by atoms with E-state index in [1.165, 1.54) is 5.56 Å². The van der Waals surface area contributed by atoms with E-state index in [2.05, 4.69) is 33.9 Å². The smallest absolute Gasteiger partial charge is 0.315 e. The first-order valence-electron chi connectivity index (χ1n) is 9.60. The minimum Gasteiger partial charge on any atom is -0.508 e. The van der Waals surface area contributed by atoms with E-state index >= 15 is 0 Å². The largest absolute Gasteiger partial charge is 0.508 e. The number of aliphatic hydroxyl groups excluding tert-OH is 1. The molecule has 2 amide bonds. The summed E-state index contributed by atoms with van der Waals surface area (Å²) in [7, 11) is 2.02. The Labute approximate surface area is 171 Å². The van der Waals surface area contributed by atoms with Crippen LogP contribution in [0.3, 0.4) is 0 Å². The topological polar surface area (TPSA) is 84.8 Å². The number of benzene rings is 1. The fourth-order valence-electron chi connectivity index (χ4n) is 3.11. The number of aromatic hydroxyl groups is 1. The molecule has 7 heteroatoms. The summed E-state index contributed by atoms with van der Waals surface area (Å²) in [6.07, 6.45) is 1.52. The lowest BCUT2D eigenvalue weighted by Crippen LogP contribution is -2.48. The van der Waals surface area contributed by atoms with Crippen LogP contribution in [0.5, 0.6) is 5.75 Å². The van der Waals surface area contributed by atoms with E-state index in [0.29, 0.717) is 18.5 Å². The Morgan fingerprint density at radius 3 is 2.68 bits per heavy atom. The van der Waals surface area contributed by atoms with Gasteiger partial charge >= 0.3 is 6.03 Å². The van der Waals surface area contributed by atoms with Gasteiger partial charge in [0, 0.05) is 24.2 Å². The van der Waals surface area contributed by atoms with Crippen LogP contribution in [0.1, 0.15) is 30.5 Å². The van der Waals surface area contributed by atoms with Gasteiger partial charge in [-0.3, -0.25) is 0 Å². The van der Waals surface area contributed by atoms with E-state index < -0.39 is 0 Å². The average molecular weight is 406 g/mol. The summed E-state index contributed by atoms with van der Waals surface area (Å²) in [5.74, 6) is 0.101. The Kier molecular flexibility index (Phi) is 8.76. The van der Waals surface area contributed by atoms with Gasteiger partial charge in [-0.2, -0.15) is 11.3 Å². The fourth-order valence-corrected chi connectivity index (χ4v) is 3.79. The summed E-state index contributed by atoms with van der Waals surface area (Å²) in [6.45, 7) is 5.24. The monoisotopic (exact) mass is 405 g/mol. The van der Waals surface area contributed by atoms with Crippen LogP contribution < -0.4 is 10.6 Å². The molecule has 0 saturated heterocycles. The van der Waals surface area contributed by atoms with E-state index in [1.807, 2.05) is 31.5 Å². The molecule has 0 fully saturated rings. The van der Waals surface area contributed by atoms with Gasteiger partial charge in [0.2, 0.25) is 0 Å². The second-order valence-corrected chi connectivity index (χ2v) is 7.92. The van der Waals surface area contributed by atoms with Crippen molar-refractivity contribution >= 4 is 17.4 Å². The Hall–Kier alpha value is -2.09. The van der Waals surface area contributed by atoms with Gasteiger partial charge in [-0.05, 0) is 73.4 Å². The fraction of sp³-hybridized carbons (Fsp3) is 0.476. The van der Waals surface area contributed by atoms with Crippen LogP contribution in [0.2, 0.25) is 0 Å². The van der Waals surface area contributed by atoms with Crippen molar-refractivity contribution in [3.8, 4) is 5.75 Å². The number of carbonyl (C=O) groups is 1. The number of likely N-dealkylation sites (N-methyl/N-ethyl adjacent to an activating group) is 1. The quantitative estimate of drug-likeness (QED) is 0.490. The summed E-state index contributed by atoms with van der Waals surface area (Å²) in [6, 6.07) is 7.35. The standard InChI is InChI=1S/C21H31N3O3S/c1-4-24(3)19(11-16-5-6-20(26)18(10-16)13-25)12-22-21(27)23-15(2)9-17-7-8-28-14-17/h5-8,10,14-15,19,25-26H,4,9,11-13H2,1-3H3,(H2,22,23,27)/t15-,19-/m0/s1. The molecule has 0 aliphatic carbocycles. The molecular weight excluding hydrogens is 374 g/mol. The Bertz CT molecular complexity index is 737. The molecule has 1 aromatic heterocycles. The van der Waals surface area contributed by atoms with Crippen molar-refractivity contribution in [3.05, 3.63) is 51.7 Å². The number of thiophene rings is 1. The normalized spacial score (nSPS) is 13.3. The third-order valence-electron chi connectivity index (χ3n) is 4.91. The molecule has 2 rings (SSSR count). The molecule has 0 aliphatic rings. The lowest BCUT2D eigenvalue weighted by atomic mass is 10.0. The van der Waals surface area contributed by atoms with Crippen molar-refractivity contribution < 1.29 is 15.0 Å². The number of nitrogens with zero attached hydrogens (tertiary/aromatic N) is 1. The molecule has 1 aromatic carbocycles. The third-order valence-corrected chi connectivity index (χ3v) is 5.64. The number of carbonyl (C=O) groups excluding carboxylic acids is 1. The first kappa shape index (κ1) is 22.2. The van der Waals surface area contributed by atoms with Gasteiger partial charge in [-0.25, -0.2) is 4.79 Å². The third kappa shape index (κ3) is 6.82. The highest BCUT2D eigenvalue weighted by Gasteiger charge is 2.17. The number of urea groups is 1. The molecule has 4 N–H and O–H groups in total. The molecule has 0 spiro atoms. The van der Waals surface area contributed by atoms with Gasteiger partial charge in [0.05, 0.1) is 6.61 Å². The molecule has 0 bridgehead atoms. The highest BCUT2D eigenvalue weighted by molar-refractivity contribution is 7.07. The second-order valence-electron chi connectivity index (χ2n) is 7.14. The van der Waals surface area contributed by atoms with Crippen LogP contribution in [0.4, 0.5) is 4.79 Å². The molecule has 6 nitrogen and oxygen atoms in total. The molecule has 2 aromatic rings. The van der Waals surface area contributed by atoms with Gasteiger partial charge in [0.1, 0.15) is 5.75 Å². The van der Waals surface area contributed by atoms with Crippen LogP contribution in [-0.2, 0) is 19.4 Å². The Balaban J connectivity index is 1.90. The van der Waals surface area contributed by atoms with Crippen molar-refractivity contribution in [3.63, 3.8) is 0 Å². The van der Waals surface area contributed by atoms with E-state index in [-0.39, 0.29) is 30.5 Å². The van der Waals surface area contributed by atoms with E-state index in [1.54, 1.807) is 17.4 Å². The summed E-state index contributed by atoms with van der Waals surface area (Å²) >= 11 is 1.66. The minimum atomic E-state index is -0.198. The maximum absolute atomic E-state index is 12.3. The SMILES string of the molecule is CCN(C)[C@H](CNC(=O)N[C@@H](C)Cc1ccsc1)Cc1ccc(O)c(CO)c1. The highest BCUT2D eigenvalue weighted by atomic mass is 32.1. The molecule has 0 aliphatic heterocycles.